The minimum atomic E-state index is -0.523. The van der Waals surface area contributed by atoms with E-state index in [4.69, 9.17) is 5.73 Å². The van der Waals surface area contributed by atoms with Crippen LogP contribution in [0.2, 0.25) is 0 Å². The highest BCUT2D eigenvalue weighted by Gasteiger charge is 2.24. The molecule has 0 fully saturated rings. The number of hydrogen-bond donors (Lipinski definition) is 4. The number of pyridine rings is 1. The number of aromatic nitrogens is 3. The minimum Gasteiger partial charge on any atom is -0.383 e. The number of carbonyl (C=O) groups excluding carboxylic acids is 2. The van der Waals surface area contributed by atoms with Crippen molar-refractivity contribution in [3.63, 3.8) is 0 Å². The van der Waals surface area contributed by atoms with Crippen LogP contribution in [0.5, 0.6) is 0 Å². The summed E-state index contributed by atoms with van der Waals surface area (Å²) in [5.74, 6) is -0.462. The zero-order valence-electron chi connectivity index (χ0n) is 24.1. The lowest BCUT2D eigenvalue weighted by Gasteiger charge is -2.23. The number of H-pyrrole nitrogens is 2. The van der Waals surface area contributed by atoms with Gasteiger partial charge < -0.3 is 25.9 Å². The summed E-state index contributed by atoms with van der Waals surface area (Å²) in [5, 5.41) is 4.96. The first kappa shape index (κ1) is 27.7. The Morgan fingerprint density at radius 1 is 1.00 bits per heavy atom. The van der Waals surface area contributed by atoms with Crippen molar-refractivity contribution in [2.75, 3.05) is 19.8 Å². The molecule has 0 saturated heterocycles. The summed E-state index contributed by atoms with van der Waals surface area (Å²) < 4.78 is 0. The van der Waals surface area contributed by atoms with Crippen molar-refractivity contribution in [3.05, 3.63) is 100 Å². The second-order valence-electron chi connectivity index (χ2n) is 10.6. The van der Waals surface area contributed by atoms with Crippen LogP contribution in [0.4, 0.5) is 5.82 Å². The Hall–Kier alpha value is -4.85. The van der Waals surface area contributed by atoms with Gasteiger partial charge in [-0.1, -0.05) is 36.4 Å². The maximum absolute atomic E-state index is 13.6. The first-order chi connectivity index (χ1) is 19.7. The topological polar surface area (TPSA) is 120 Å². The van der Waals surface area contributed by atoms with Crippen LogP contribution in [0.3, 0.4) is 0 Å². The highest BCUT2D eigenvalue weighted by molar-refractivity contribution is 5.99. The van der Waals surface area contributed by atoms with Gasteiger partial charge in [0.2, 0.25) is 11.8 Å². The third-order valence-electron chi connectivity index (χ3n) is 7.86. The molecule has 1 unspecified atom stereocenters. The molecule has 2 amide bonds. The van der Waals surface area contributed by atoms with Crippen molar-refractivity contribution >= 4 is 45.5 Å². The Morgan fingerprint density at radius 2 is 1.59 bits per heavy atom. The fraction of sp³-hybridized carbons (Fsp3) is 0.242. The molecule has 5 N–H and O–H groups in total. The molecule has 0 aliphatic rings. The number of aromatic amines is 2. The molecule has 0 aliphatic carbocycles. The van der Waals surface area contributed by atoms with E-state index in [0.717, 1.165) is 44.3 Å². The second kappa shape index (κ2) is 11.3. The summed E-state index contributed by atoms with van der Waals surface area (Å²) in [6.45, 7) is 6.35. The highest BCUT2D eigenvalue weighted by Crippen LogP contribution is 2.29. The Bertz CT molecular complexity index is 1790. The lowest BCUT2D eigenvalue weighted by Crippen LogP contribution is -2.30. The number of nitrogens with zero attached hydrogens (tertiary/aromatic N) is 2. The number of anilines is 1. The summed E-state index contributed by atoms with van der Waals surface area (Å²) in [4.78, 5) is 39.5. The standard InChI is InChI=1S/C33H36N6O2/c1-19(33(41)39(5)18-28-21(3)38-30-13-9-7-11-25(28)30)26-15-22(17-36-31(26)34)14-23(32(40)35-4)16-27-20(2)37-29-12-8-6-10-24(27)29/h6-15,17,19,37-38H,16,18H2,1-5H3,(H2,34,36)(H,35,40). The van der Waals surface area contributed by atoms with Gasteiger partial charge in [-0.15, -0.1) is 0 Å². The molecular weight excluding hydrogens is 512 g/mol. The third-order valence-corrected chi connectivity index (χ3v) is 7.86. The quantitative estimate of drug-likeness (QED) is 0.195. The van der Waals surface area contributed by atoms with E-state index in [-0.39, 0.29) is 11.8 Å². The smallest absolute Gasteiger partial charge is 0.247 e. The molecule has 5 aromatic rings. The number of fused-ring (bicyclic) bond motifs is 2. The van der Waals surface area contributed by atoms with Gasteiger partial charge in [-0.2, -0.15) is 0 Å². The average molecular weight is 549 g/mol. The first-order valence-electron chi connectivity index (χ1n) is 13.7. The predicted molar refractivity (Wildman–Crippen MR) is 165 cm³/mol. The SMILES string of the molecule is CNC(=O)C(=Cc1cnc(N)c(C(C)C(=O)N(C)Cc2c(C)[nH]c3ccccc23)c1)Cc1c(C)[nH]c2ccccc12. The number of nitrogens with two attached hydrogens (primary N) is 1. The Kier molecular flexibility index (Phi) is 7.66. The fourth-order valence-electron chi connectivity index (χ4n) is 5.56. The Morgan fingerprint density at radius 3 is 2.22 bits per heavy atom. The molecule has 8 nitrogen and oxygen atoms in total. The molecule has 2 aromatic carbocycles. The maximum atomic E-state index is 13.6. The van der Waals surface area contributed by atoms with Gasteiger partial charge in [0.05, 0.1) is 5.92 Å². The number of likely N-dealkylation sites (N-methyl/N-ethyl adjacent to an activating group) is 2. The van der Waals surface area contributed by atoms with E-state index in [9.17, 15) is 9.59 Å². The van der Waals surface area contributed by atoms with E-state index in [1.165, 1.54) is 0 Å². The van der Waals surface area contributed by atoms with E-state index < -0.39 is 5.92 Å². The summed E-state index contributed by atoms with van der Waals surface area (Å²) in [7, 11) is 3.43. The van der Waals surface area contributed by atoms with Crippen LogP contribution >= 0.6 is 0 Å². The van der Waals surface area contributed by atoms with Gasteiger partial charge in [0, 0.05) is 77.6 Å². The van der Waals surface area contributed by atoms with Crippen molar-refractivity contribution in [2.45, 2.75) is 39.7 Å². The lowest BCUT2D eigenvalue weighted by molar-refractivity contribution is -0.131. The summed E-state index contributed by atoms with van der Waals surface area (Å²) in [6.07, 6.45) is 3.91. The van der Waals surface area contributed by atoms with E-state index >= 15 is 0 Å². The maximum Gasteiger partial charge on any atom is 0.247 e. The molecule has 0 aliphatic heterocycles. The number of rotatable bonds is 8. The van der Waals surface area contributed by atoms with Crippen molar-refractivity contribution in [3.8, 4) is 0 Å². The van der Waals surface area contributed by atoms with Crippen LogP contribution in [0.25, 0.3) is 27.9 Å². The van der Waals surface area contributed by atoms with Gasteiger partial charge in [-0.05, 0) is 61.7 Å². The number of nitrogens with one attached hydrogen (secondary N) is 3. The zero-order valence-corrected chi connectivity index (χ0v) is 24.1. The van der Waals surface area contributed by atoms with Crippen LogP contribution in [-0.4, -0.2) is 45.8 Å². The Labute approximate surface area is 239 Å². The molecule has 41 heavy (non-hydrogen) atoms. The number of nitrogen functional groups attached to an aromatic ring is 1. The number of aryl methyl sites for hydroxylation is 2. The molecule has 0 radical (unpaired) electrons. The van der Waals surface area contributed by atoms with E-state index in [0.29, 0.717) is 35.5 Å². The highest BCUT2D eigenvalue weighted by atomic mass is 16.2. The Balaban J connectivity index is 1.42. The van der Waals surface area contributed by atoms with Gasteiger partial charge in [-0.3, -0.25) is 9.59 Å². The molecule has 0 saturated carbocycles. The molecule has 8 heteroatoms. The summed E-state index contributed by atoms with van der Waals surface area (Å²) in [5.41, 5.74) is 14.5. The van der Waals surface area contributed by atoms with Crippen LogP contribution < -0.4 is 11.1 Å². The van der Waals surface area contributed by atoms with Crippen molar-refractivity contribution in [2.24, 2.45) is 0 Å². The molecular formula is C33H36N6O2. The summed E-state index contributed by atoms with van der Waals surface area (Å²) >= 11 is 0. The molecule has 0 bridgehead atoms. The van der Waals surface area contributed by atoms with Crippen LogP contribution in [0, 0.1) is 13.8 Å². The number of para-hydroxylation sites is 2. The lowest BCUT2D eigenvalue weighted by atomic mass is 9.96. The van der Waals surface area contributed by atoms with Gasteiger partial charge in [-0.25, -0.2) is 4.98 Å². The fourth-order valence-corrected chi connectivity index (χ4v) is 5.56. The van der Waals surface area contributed by atoms with E-state index in [1.54, 1.807) is 25.2 Å². The van der Waals surface area contributed by atoms with E-state index in [1.807, 2.05) is 69.3 Å². The largest absolute Gasteiger partial charge is 0.383 e. The van der Waals surface area contributed by atoms with Crippen LogP contribution in [-0.2, 0) is 22.6 Å². The zero-order chi connectivity index (χ0) is 29.3. The van der Waals surface area contributed by atoms with Crippen LogP contribution in [0.15, 0.2) is 66.4 Å². The van der Waals surface area contributed by atoms with Crippen LogP contribution in [0.1, 0.15) is 46.5 Å². The van der Waals surface area contributed by atoms with Crippen molar-refractivity contribution < 1.29 is 9.59 Å². The molecule has 210 valence electrons. The third kappa shape index (κ3) is 5.45. The average Bonchev–Trinajstić information content (AvgIpc) is 3.46. The number of amides is 2. The van der Waals surface area contributed by atoms with Gasteiger partial charge in [0.25, 0.3) is 0 Å². The second-order valence-corrected chi connectivity index (χ2v) is 10.6. The monoisotopic (exact) mass is 548 g/mol. The van der Waals surface area contributed by atoms with Crippen molar-refractivity contribution in [1.29, 1.82) is 0 Å². The number of benzene rings is 2. The molecule has 1 atom stereocenters. The predicted octanol–water partition coefficient (Wildman–Crippen LogP) is 5.38. The molecule has 5 rings (SSSR count). The molecule has 3 heterocycles. The first-order valence-corrected chi connectivity index (χ1v) is 13.7. The normalized spacial score (nSPS) is 12.6. The van der Waals surface area contributed by atoms with Gasteiger partial charge >= 0.3 is 0 Å². The molecule has 3 aromatic heterocycles. The summed E-state index contributed by atoms with van der Waals surface area (Å²) in [6, 6.07) is 18.0. The minimum absolute atomic E-state index is 0.0646. The van der Waals surface area contributed by atoms with Gasteiger partial charge in [0.1, 0.15) is 5.82 Å². The van der Waals surface area contributed by atoms with Gasteiger partial charge in [0.15, 0.2) is 0 Å². The van der Waals surface area contributed by atoms with E-state index in [2.05, 4.69) is 32.4 Å². The number of hydrogen-bond acceptors (Lipinski definition) is 4. The number of carbonyl (C=O) groups is 2. The van der Waals surface area contributed by atoms with Crippen molar-refractivity contribution in [1.82, 2.24) is 25.2 Å². The molecule has 0 spiro atoms.